The highest BCUT2D eigenvalue weighted by molar-refractivity contribution is 6.01. The summed E-state index contributed by atoms with van der Waals surface area (Å²) in [6.45, 7) is 6.95. The van der Waals surface area contributed by atoms with Crippen molar-refractivity contribution in [2.45, 2.75) is 26.7 Å². The summed E-state index contributed by atoms with van der Waals surface area (Å²) >= 11 is 0. The van der Waals surface area contributed by atoms with E-state index in [2.05, 4.69) is 20.4 Å². The van der Waals surface area contributed by atoms with Crippen molar-refractivity contribution in [2.24, 2.45) is 0 Å². The number of hydrogen-bond donors (Lipinski definition) is 3. The van der Waals surface area contributed by atoms with E-state index in [4.69, 9.17) is 0 Å². The van der Waals surface area contributed by atoms with Gasteiger partial charge in [-0.2, -0.15) is 0 Å². The quantitative estimate of drug-likeness (QED) is 0.585. The van der Waals surface area contributed by atoms with Gasteiger partial charge in [-0.3, -0.25) is 14.5 Å². The molecule has 2 aromatic rings. The second-order valence-electron chi connectivity index (χ2n) is 8.01. The molecule has 1 aliphatic heterocycles. The molecule has 170 valence electrons. The Hall–Kier alpha value is -3.39. The number of aromatic carboxylic acids is 1. The average molecular weight is 439 g/mol. The fourth-order valence-electron chi connectivity index (χ4n) is 3.66. The van der Waals surface area contributed by atoms with Gasteiger partial charge in [-0.15, -0.1) is 0 Å². The molecular weight excluding hydrogens is 408 g/mol. The van der Waals surface area contributed by atoms with Gasteiger partial charge in [0.1, 0.15) is 0 Å². The van der Waals surface area contributed by atoms with Crippen molar-refractivity contribution < 1.29 is 19.5 Å². The lowest BCUT2D eigenvalue weighted by molar-refractivity contribution is -0.117. The summed E-state index contributed by atoms with van der Waals surface area (Å²) < 4.78 is 0. The zero-order valence-corrected chi connectivity index (χ0v) is 18.6. The number of nitrogens with zero attached hydrogens (tertiary/aromatic N) is 2. The first-order chi connectivity index (χ1) is 15.4. The topological polar surface area (TPSA) is 102 Å². The molecule has 1 saturated heterocycles. The van der Waals surface area contributed by atoms with Gasteiger partial charge in [-0.05, 0) is 43.7 Å². The Bertz CT molecular complexity index is 966. The molecule has 0 atom stereocenters. The van der Waals surface area contributed by atoms with Gasteiger partial charge in [-0.1, -0.05) is 24.6 Å². The molecule has 3 rings (SSSR count). The average Bonchev–Trinajstić information content (AvgIpc) is 2.76. The lowest BCUT2D eigenvalue weighted by Gasteiger charge is -2.36. The largest absolute Gasteiger partial charge is 0.478 e. The number of aryl methyl sites for hydroxylation is 1. The van der Waals surface area contributed by atoms with E-state index in [1.807, 2.05) is 44.2 Å². The van der Waals surface area contributed by atoms with Crippen molar-refractivity contribution in [3.05, 3.63) is 53.6 Å². The van der Waals surface area contributed by atoms with Crippen molar-refractivity contribution in [3.63, 3.8) is 0 Å². The number of amides is 2. The van der Waals surface area contributed by atoms with Crippen LogP contribution in [0.15, 0.2) is 42.5 Å². The van der Waals surface area contributed by atoms with Crippen LogP contribution in [-0.2, 0) is 9.59 Å². The standard InChI is InChI=1S/C24H30N4O4/c1-3-4-22(29)26-21-10-9-19(15-20(21)24(31)32)28-13-11-27(12-14-28)16-23(30)25-18-7-5-17(2)6-8-18/h5-10,15H,3-4,11-14,16H2,1-2H3,(H,25,30)(H,26,29)(H,31,32). The molecule has 8 heteroatoms. The minimum absolute atomic E-state index is 0.0531. The highest BCUT2D eigenvalue weighted by Crippen LogP contribution is 2.25. The summed E-state index contributed by atoms with van der Waals surface area (Å²) in [5, 5.41) is 15.2. The Labute approximate surface area is 188 Å². The Morgan fingerprint density at radius 3 is 2.25 bits per heavy atom. The van der Waals surface area contributed by atoms with E-state index in [9.17, 15) is 19.5 Å². The molecular formula is C24H30N4O4. The predicted octanol–water partition coefficient (Wildman–Crippen LogP) is 3.19. The summed E-state index contributed by atoms with van der Waals surface area (Å²) in [7, 11) is 0. The van der Waals surface area contributed by atoms with Crippen LogP contribution in [-0.4, -0.2) is 60.5 Å². The first-order valence-electron chi connectivity index (χ1n) is 10.9. The van der Waals surface area contributed by atoms with Crippen molar-refractivity contribution >= 4 is 34.8 Å². The molecule has 2 aromatic carbocycles. The van der Waals surface area contributed by atoms with Crippen molar-refractivity contribution in [1.82, 2.24) is 4.90 Å². The van der Waals surface area contributed by atoms with Gasteiger partial charge in [0.05, 0.1) is 17.8 Å². The number of anilines is 3. The number of hydrogen-bond acceptors (Lipinski definition) is 5. The van der Waals surface area contributed by atoms with Crippen LogP contribution in [0.4, 0.5) is 17.1 Å². The van der Waals surface area contributed by atoms with Crippen LogP contribution in [0.1, 0.15) is 35.7 Å². The highest BCUT2D eigenvalue weighted by Gasteiger charge is 2.21. The Balaban J connectivity index is 1.56. The van der Waals surface area contributed by atoms with Gasteiger partial charge in [0.25, 0.3) is 0 Å². The maximum Gasteiger partial charge on any atom is 0.337 e. The number of piperazine rings is 1. The van der Waals surface area contributed by atoms with Gasteiger partial charge in [0, 0.05) is 44.0 Å². The summed E-state index contributed by atoms with van der Waals surface area (Å²) in [6.07, 6.45) is 1.04. The molecule has 3 N–H and O–H groups in total. The molecule has 0 aliphatic carbocycles. The minimum atomic E-state index is -1.08. The maximum absolute atomic E-state index is 12.3. The molecule has 0 spiro atoms. The van der Waals surface area contributed by atoms with Crippen LogP contribution in [0.5, 0.6) is 0 Å². The first kappa shape index (κ1) is 23.3. The van der Waals surface area contributed by atoms with Crippen LogP contribution in [0.3, 0.4) is 0 Å². The summed E-state index contributed by atoms with van der Waals surface area (Å²) in [5.41, 5.74) is 3.10. The van der Waals surface area contributed by atoms with E-state index >= 15 is 0 Å². The lowest BCUT2D eigenvalue weighted by Crippen LogP contribution is -2.48. The molecule has 1 aliphatic rings. The highest BCUT2D eigenvalue weighted by atomic mass is 16.4. The predicted molar refractivity (Wildman–Crippen MR) is 125 cm³/mol. The molecule has 0 bridgehead atoms. The fourth-order valence-corrected chi connectivity index (χ4v) is 3.66. The molecule has 1 fully saturated rings. The smallest absolute Gasteiger partial charge is 0.337 e. The molecule has 0 radical (unpaired) electrons. The summed E-state index contributed by atoms with van der Waals surface area (Å²) in [6, 6.07) is 12.8. The lowest BCUT2D eigenvalue weighted by atomic mass is 10.1. The van der Waals surface area contributed by atoms with E-state index < -0.39 is 5.97 Å². The third-order valence-corrected chi connectivity index (χ3v) is 5.42. The van der Waals surface area contributed by atoms with Gasteiger partial charge in [-0.25, -0.2) is 4.79 Å². The number of benzene rings is 2. The summed E-state index contributed by atoms with van der Waals surface area (Å²) in [5.74, 6) is -1.33. The molecule has 2 amide bonds. The van der Waals surface area contributed by atoms with E-state index in [1.54, 1.807) is 12.1 Å². The number of carbonyl (C=O) groups excluding carboxylic acids is 2. The van der Waals surface area contributed by atoms with Crippen LogP contribution in [0, 0.1) is 6.92 Å². The van der Waals surface area contributed by atoms with Crippen LogP contribution in [0.2, 0.25) is 0 Å². The molecule has 32 heavy (non-hydrogen) atoms. The number of rotatable bonds is 8. The zero-order chi connectivity index (χ0) is 23.1. The van der Waals surface area contributed by atoms with Crippen LogP contribution >= 0.6 is 0 Å². The first-order valence-corrected chi connectivity index (χ1v) is 10.9. The molecule has 8 nitrogen and oxygen atoms in total. The number of nitrogens with one attached hydrogen (secondary N) is 2. The van der Waals surface area contributed by atoms with E-state index in [0.717, 1.165) is 16.9 Å². The molecule has 0 unspecified atom stereocenters. The van der Waals surface area contributed by atoms with Gasteiger partial charge >= 0.3 is 5.97 Å². The van der Waals surface area contributed by atoms with Crippen LogP contribution < -0.4 is 15.5 Å². The van der Waals surface area contributed by atoms with Gasteiger partial charge < -0.3 is 20.6 Å². The summed E-state index contributed by atoms with van der Waals surface area (Å²) in [4.78, 5) is 40.1. The second kappa shape index (κ2) is 10.8. The number of carbonyl (C=O) groups is 3. The minimum Gasteiger partial charge on any atom is -0.478 e. The van der Waals surface area contributed by atoms with E-state index in [1.165, 1.54) is 0 Å². The van der Waals surface area contributed by atoms with E-state index in [-0.39, 0.29) is 17.4 Å². The van der Waals surface area contributed by atoms with Crippen LogP contribution in [0.25, 0.3) is 0 Å². The van der Waals surface area contributed by atoms with Gasteiger partial charge in [0.2, 0.25) is 11.8 Å². The van der Waals surface area contributed by atoms with Crippen molar-refractivity contribution in [3.8, 4) is 0 Å². The van der Waals surface area contributed by atoms with E-state index in [0.29, 0.717) is 51.3 Å². The van der Waals surface area contributed by atoms with Crippen molar-refractivity contribution in [2.75, 3.05) is 48.3 Å². The zero-order valence-electron chi connectivity index (χ0n) is 18.6. The van der Waals surface area contributed by atoms with Crippen molar-refractivity contribution in [1.29, 1.82) is 0 Å². The molecule has 0 saturated carbocycles. The Morgan fingerprint density at radius 2 is 1.62 bits per heavy atom. The maximum atomic E-state index is 12.3. The Kier molecular flexibility index (Phi) is 7.83. The number of carboxylic acids is 1. The monoisotopic (exact) mass is 438 g/mol. The third kappa shape index (κ3) is 6.31. The fraction of sp³-hybridized carbons (Fsp3) is 0.375. The molecule has 0 aromatic heterocycles. The number of carboxylic acid groups (broad SMARTS) is 1. The normalized spacial score (nSPS) is 14.1. The Morgan fingerprint density at radius 1 is 0.938 bits per heavy atom. The SMILES string of the molecule is CCCC(=O)Nc1ccc(N2CCN(CC(=O)Nc3ccc(C)cc3)CC2)cc1C(=O)O. The third-order valence-electron chi connectivity index (χ3n) is 5.42. The molecule has 1 heterocycles. The van der Waals surface area contributed by atoms with Gasteiger partial charge in [0.15, 0.2) is 0 Å². The second-order valence-corrected chi connectivity index (χ2v) is 8.01.